The maximum absolute atomic E-state index is 12.0. The minimum Gasteiger partial charge on any atom is -0.394 e. The van der Waals surface area contributed by atoms with E-state index in [0.29, 0.717) is 12.4 Å². The van der Waals surface area contributed by atoms with Crippen molar-refractivity contribution >= 4 is 17.5 Å². The highest BCUT2D eigenvalue weighted by molar-refractivity contribution is 5.80. The van der Waals surface area contributed by atoms with Crippen molar-refractivity contribution in [1.29, 1.82) is 0 Å². The van der Waals surface area contributed by atoms with Crippen molar-refractivity contribution in [3.05, 3.63) is 48.3 Å². The van der Waals surface area contributed by atoms with Crippen molar-refractivity contribution in [3.63, 3.8) is 0 Å². The van der Waals surface area contributed by atoms with Gasteiger partial charge in [0.05, 0.1) is 19.2 Å². The molecule has 2 heterocycles. The van der Waals surface area contributed by atoms with Gasteiger partial charge in [-0.3, -0.25) is 4.79 Å². The first kappa shape index (κ1) is 17.2. The number of anilines is 2. The van der Waals surface area contributed by atoms with E-state index >= 15 is 0 Å². The smallest absolute Gasteiger partial charge is 0.239 e. The van der Waals surface area contributed by atoms with Crippen molar-refractivity contribution < 1.29 is 9.90 Å². The Labute approximate surface area is 147 Å². The molecule has 1 aromatic heterocycles. The maximum atomic E-state index is 12.0. The van der Waals surface area contributed by atoms with Crippen LogP contribution in [0.15, 0.2) is 42.7 Å². The summed E-state index contributed by atoms with van der Waals surface area (Å²) in [5, 5.41) is 15.3. The number of rotatable bonds is 7. The zero-order valence-electron chi connectivity index (χ0n) is 14.1. The fourth-order valence-electron chi connectivity index (χ4n) is 2.96. The lowest BCUT2D eigenvalue weighted by Crippen LogP contribution is -2.33. The summed E-state index contributed by atoms with van der Waals surface area (Å²) < 4.78 is 0. The standard InChI is InChI=1S/C18H23N5O2/c24-12-15-7-4-8-23(15)17-9-16(21-13-22-17)19-11-18(25)20-10-14-5-2-1-3-6-14/h1-3,5-6,9,13,15,24H,4,7-8,10-12H2,(H,20,25)(H,19,21,22)/t15-/m0/s1. The number of nitrogens with zero attached hydrogens (tertiary/aromatic N) is 3. The lowest BCUT2D eigenvalue weighted by molar-refractivity contribution is -0.119. The normalized spacial score (nSPS) is 16.7. The topological polar surface area (TPSA) is 90.4 Å². The molecule has 25 heavy (non-hydrogen) atoms. The van der Waals surface area contributed by atoms with Crippen molar-refractivity contribution in [3.8, 4) is 0 Å². The van der Waals surface area contributed by atoms with Crippen LogP contribution in [0, 0.1) is 0 Å². The average molecular weight is 341 g/mol. The van der Waals surface area contributed by atoms with Crippen LogP contribution in [0.4, 0.5) is 11.6 Å². The molecule has 0 spiro atoms. The SMILES string of the molecule is O=C(CNc1cc(N2CCC[C@H]2CO)ncn1)NCc1ccccc1. The third-order valence-corrected chi connectivity index (χ3v) is 4.30. The number of carbonyl (C=O) groups is 1. The second-order valence-corrected chi connectivity index (χ2v) is 6.05. The van der Waals surface area contributed by atoms with Crippen LogP contribution < -0.4 is 15.5 Å². The Bertz CT molecular complexity index is 695. The van der Waals surface area contributed by atoms with Crippen LogP contribution in [0.25, 0.3) is 0 Å². The van der Waals surface area contributed by atoms with E-state index < -0.39 is 0 Å². The molecule has 1 aliphatic rings. The first-order valence-electron chi connectivity index (χ1n) is 8.50. The molecule has 1 atom stereocenters. The Kier molecular flexibility index (Phi) is 5.79. The zero-order chi connectivity index (χ0) is 17.5. The molecule has 7 heteroatoms. The minimum atomic E-state index is -0.0987. The molecule has 1 aromatic carbocycles. The first-order valence-corrected chi connectivity index (χ1v) is 8.50. The molecule has 3 rings (SSSR count). The van der Waals surface area contributed by atoms with Crippen LogP contribution in [0.1, 0.15) is 18.4 Å². The van der Waals surface area contributed by atoms with Gasteiger partial charge >= 0.3 is 0 Å². The van der Waals surface area contributed by atoms with Gasteiger partial charge < -0.3 is 20.6 Å². The van der Waals surface area contributed by atoms with Gasteiger partial charge in [-0.15, -0.1) is 0 Å². The molecule has 2 aromatic rings. The molecule has 3 N–H and O–H groups in total. The Balaban J connectivity index is 1.51. The largest absolute Gasteiger partial charge is 0.394 e. The van der Waals surface area contributed by atoms with Crippen LogP contribution >= 0.6 is 0 Å². The summed E-state index contributed by atoms with van der Waals surface area (Å²) in [4.78, 5) is 22.5. The Hall–Kier alpha value is -2.67. The highest BCUT2D eigenvalue weighted by atomic mass is 16.3. The number of carbonyl (C=O) groups excluding carboxylic acids is 1. The fraction of sp³-hybridized carbons (Fsp3) is 0.389. The van der Waals surface area contributed by atoms with E-state index in [1.165, 1.54) is 6.33 Å². The number of aliphatic hydroxyl groups excluding tert-OH is 1. The molecule has 0 bridgehead atoms. The van der Waals surface area contributed by atoms with E-state index in [9.17, 15) is 9.90 Å². The van der Waals surface area contributed by atoms with Crippen molar-refractivity contribution in [2.45, 2.75) is 25.4 Å². The first-order chi connectivity index (χ1) is 12.3. The number of hydrogen-bond donors (Lipinski definition) is 3. The third-order valence-electron chi connectivity index (χ3n) is 4.30. The molecule has 0 radical (unpaired) electrons. The summed E-state index contributed by atoms with van der Waals surface area (Å²) in [6, 6.07) is 11.7. The van der Waals surface area contributed by atoms with Crippen LogP contribution in [0.2, 0.25) is 0 Å². The second kappa shape index (κ2) is 8.43. The van der Waals surface area contributed by atoms with Crippen LogP contribution in [0.5, 0.6) is 0 Å². The van der Waals surface area contributed by atoms with Gasteiger partial charge in [0, 0.05) is 19.2 Å². The number of aromatic nitrogens is 2. The molecule has 1 aliphatic heterocycles. The Morgan fingerprint density at radius 3 is 2.92 bits per heavy atom. The summed E-state index contributed by atoms with van der Waals surface area (Å²) in [7, 11) is 0. The average Bonchev–Trinajstić information content (AvgIpc) is 3.14. The van der Waals surface area contributed by atoms with Gasteiger partial charge in [-0.2, -0.15) is 0 Å². The summed E-state index contributed by atoms with van der Waals surface area (Å²) in [6.07, 6.45) is 3.48. The van der Waals surface area contributed by atoms with Crippen molar-refractivity contribution in [2.24, 2.45) is 0 Å². The summed E-state index contributed by atoms with van der Waals surface area (Å²) in [6.45, 7) is 1.64. The molecule has 0 saturated carbocycles. The van der Waals surface area contributed by atoms with E-state index in [4.69, 9.17) is 0 Å². The maximum Gasteiger partial charge on any atom is 0.239 e. The molecule has 7 nitrogen and oxygen atoms in total. The van der Waals surface area contributed by atoms with Crippen molar-refractivity contribution in [2.75, 3.05) is 29.9 Å². The molecular formula is C18H23N5O2. The number of amides is 1. The third kappa shape index (κ3) is 4.67. The second-order valence-electron chi connectivity index (χ2n) is 6.05. The lowest BCUT2D eigenvalue weighted by atomic mass is 10.2. The Morgan fingerprint density at radius 2 is 2.12 bits per heavy atom. The van der Waals surface area contributed by atoms with Gasteiger partial charge in [0.15, 0.2) is 0 Å². The van der Waals surface area contributed by atoms with E-state index in [-0.39, 0.29) is 25.1 Å². The molecule has 1 fully saturated rings. The van der Waals surface area contributed by atoms with Crippen LogP contribution in [-0.2, 0) is 11.3 Å². The number of aliphatic hydroxyl groups is 1. The fourth-order valence-corrected chi connectivity index (χ4v) is 2.96. The van der Waals surface area contributed by atoms with E-state index in [1.807, 2.05) is 36.4 Å². The molecule has 1 saturated heterocycles. The minimum absolute atomic E-state index is 0.0987. The lowest BCUT2D eigenvalue weighted by Gasteiger charge is -2.24. The van der Waals surface area contributed by atoms with Crippen LogP contribution in [0.3, 0.4) is 0 Å². The molecule has 1 amide bonds. The van der Waals surface area contributed by atoms with E-state index in [2.05, 4.69) is 25.5 Å². The molecular weight excluding hydrogens is 318 g/mol. The number of benzene rings is 1. The highest BCUT2D eigenvalue weighted by Gasteiger charge is 2.25. The highest BCUT2D eigenvalue weighted by Crippen LogP contribution is 2.24. The van der Waals surface area contributed by atoms with Crippen LogP contribution in [-0.4, -0.2) is 46.7 Å². The molecule has 0 unspecified atom stereocenters. The number of nitrogens with one attached hydrogen (secondary N) is 2. The predicted octanol–water partition coefficient (Wildman–Crippen LogP) is 1.17. The van der Waals surface area contributed by atoms with E-state index in [1.54, 1.807) is 0 Å². The van der Waals surface area contributed by atoms with E-state index in [0.717, 1.165) is 30.8 Å². The summed E-state index contributed by atoms with van der Waals surface area (Å²) >= 11 is 0. The summed E-state index contributed by atoms with van der Waals surface area (Å²) in [5.74, 6) is 1.28. The van der Waals surface area contributed by atoms with Gasteiger partial charge in [0.2, 0.25) is 5.91 Å². The van der Waals surface area contributed by atoms with Gasteiger partial charge in [0.25, 0.3) is 0 Å². The van der Waals surface area contributed by atoms with Gasteiger partial charge in [-0.05, 0) is 18.4 Å². The predicted molar refractivity (Wildman–Crippen MR) is 96.3 cm³/mol. The van der Waals surface area contributed by atoms with Gasteiger partial charge in [0.1, 0.15) is 18.0 Å². The molecule has 132 valence electrons. The monoisotopic (exact) mass is 341 g/mol. The number of hydrogen-bond acceptors (Lipinski definition) is 6. The summed E-state index contributed by atoms with van der Waals surface area (Å²) in [5.41, 5.74) is 1.06. The van der Waals surface area contributed by atoms with Gasteiger partial charge in [-0.1, -0.05) is 30.3 Å². The quantitative estimate of drug-likeness (QED) is 0.700. The molecule has 0 aliphatic carbocycles. The zero-order valence-corrected chi connectivity index (χ0v) is 14.1. The van der Waals surface area contributed by atoms with Crippen molar-refractivity contribution in [1.82, 2.24) is 15.3 Å². The Morgan fingerprint density at radius 1 is 1.28 bits per heavy atom. The van der Waals surface area contributed by atoms with Gasteiger partial charge in [-0.25, -0.2) is 9.97 Å².